The first-order chi connectivity index (χ1) is 7.43. The van der Waals surface area contributed by atoms with Crippen molar-refractivity contribution in [2.24, 2.45) is 0 Å². The zero-order valence-corrected chi connectivity index (χ0v) is 9.19. The molecule has 0 fully saturated rings. The van der Waals surface area contributed by atoms with Gasteiger partial charge < -0.3 is 9.84 Å². The first-order valence-corrected chi connectivity index (χ1v) is 5.66. The maximum Gasteiger partial charge on any atom is 0.0697 e. The smallest absolute Gasteiger partial charge is 0.0697 e. The first-order valence-electron chi connectivity index (χ1n) is 5.66. The lowest BCUT2D eigenvalue weighted by atomic mass is 10.1. The molecule has 2 nitrogen and oxygen atoms in total. The lowest BCUT2D eigenvalue weighted by molar-refractivity contribution is 0.0896. The van der Waals surface area contributed by atoms with E-state index in [0.29, 0.717) is 6.61 Å². The molecule has 0 aliphatic carbocycles. The van der Waals surface area contributed by atoms with Crippen molar-refractivity contribution in [2.75, 3.05) is 19.8 Å². The second-order valence-corrected chi connectivity index (χ2v) is 3.63. The summed E-state index contributed by atoms with van der Waals surface area (Å²) in [6, 6.07) is 10.6. The largest absolute Gasteiger partial charge is 0.394 e. The minimum Gasteiger partial charge on any atom is -0.394 e. The molecular formula is C13H20O2. The number of ether oxygens (including phenoxy) is 1. The molecule has 0 heterocycles. The van der Waals surface area contributed by atoms with Gasteiger partial charge in [-0.25, -0.2) is 0 Å². The zero-order chi connectivity index (χ0) is 10.8. The Kier molecular flexibility index (Phi) is 6.88. The Morgan fingerprint density at radius 1 is 0.933 bits per heavy atom. The number of benzene rings is 1. The van der Waals surface area contributed by atoms with Gasteiger partial charge in [-0.3, -0.25) is 0 Å². The highest BCUT2D eigenvalue weighted by molar-refractivity contribution is 5.14. The molecular weight excluding hydrogens is 188 g/mol. The Balaban J connectivity index is 1.93. The van der Waals surface area contributed by atoms with E-state index >= 15 is 0 Å². The quantitative estimate of drug-likeness (QED) is 0.665. The Hall–Kier alpha value is -0.860. The minimum atomic E-state index is 0.129. The van der Waals surface area contributed by atoms with Gasteiger partial charge in [0.15, 0.2) is 0 Å². The third-order valence-electron chi connectivity index (χ3n) is 2.33. The monoisotopic (exact) mass is 208 g/mol. The highest BCUT2D eigenvalue weighted by atomic mass is 16.5. The summed E-state index contributed by atoms with van der Waals surface area (Å²) < 4.78 is 5.19. The molecule has 0 spiro atoms. The number of hydrogen-bond acceptors (Lipinski definition) is 2. The molecule has 15 heavy (non-hydrogen) atoms. The van der Waals surface area contributed by atoms with Crippen molar-refractivity contribution < 1.29 is 9.84 Å². The van der Waals surface area contributed by atoms with Gasteiger partial charge in [0.25, 0.3) is 0 Å². The molecule has 84 valence electrons. The van der Waals surface area contributed by atoms with E-state index in [-0.39, 0.29) is 6.61 Å². The molecule has 1 aromatic rings. The summed E-state index contributed by atoms with van der Waals surface area (Å²) in [5.74, 6) is 0. The summed E-state index contributed by atoms with van der Waals surface area (Å²) in [4.78, 5) is 0. The molecule has 0 aliphatic heterocycles. The maximum absolute atomic E-state index is 8.49. The molecule has 0 atom stereocenters. The molecule has 0 saturated heterocycles. The average molecular weight is 208 g/mol. The van der Waals surface area contributed by atoms with Crippen LogP contribution < -0.4 is 0 Å². The SMILES string of the molecule is OCCOCCCCCc1ccccc1. The number of aliphatic hydroxyl groups excluding tert-OH is 1. The molecule has 0 amide bonds. The van der Waals surface area contributed by atoms with E-state index in [1.807, 2.05) is 6.07 Å². The Morgan fingerprint density at radius 2 is 1.73 bits per heavy atom. The zero-order valence-electron chi connectivity index (χ0n) is 9.19. The van der Waals surface area contributed by atoms with Gasteiger partial charge in [-0.1, -0.05) is 36.8 Å². The van der Waals surface area contributed by atoms with Crippen LogP contribution in [-0.4, -0.2) is 24.9 Å². The van der Waals surface area contributed by atoms with Gasteiger partial charge in [-0.15, -0.1) is 0 Å². The molecule has 0 radical (unpaired) electrons. The van der Waals surface area contributed by atoms with E-state index in [1.165, 1.54) is 18.4 Å². The van der Waals surface area contributed by atoms with Gasteiger partial charge in [0.2, 0.25) is 0 Å². The van der Waals surface area contributed by atoms with E-state index < -0.39 is 0 Å². The second-order valence-electron chi connectivity index (χ2n) is 3.63. The predicted molar refractivity (Wildman–Crippen MR) is 61.9 cm³/mol. The topological polar surface area (TPSA) is 29.5 Å². The van der Waals surface area contributed by atoms with Gasteiger partial charge in [-0.2, -0.15) is 0 Å². The van der Waals surface area contributed by atoms with Gasteiger partial charge in [0.1, 0.15) is 0 Å². The van der Waals surface area contributed by atoms with Gasteiger partial charge in [-0.05, 0) is 24.8 Å². The third kappa shape index (κ3) is 6.26. The molecule has 0 aliphatic rings. The molecule has 0 unspecified atom stereocenters. The minimum absolute atomic E-state index is 0.129. The summed E-state index contributed by atoms with van der Waals surface area (Å²) in [6.45, 7) is 1.37. The second kappa shape index (κ2) is 8.45. The van der Waals surface area contributed by atoms with Crippen LogP contribution >= 0.6 is 0 Å². The highest BCUT2D eigenvalue weighted by Gasteiger charge is 1.92. The first kappa shape index (κ1) is 12.2. The van der Waals surface area contributed by atoms with Crippen LogP contribution in [0.2, 0.25) is 0 Å². The predicted octanol–water partition coefficient (Wildman–Crippen LogP) is 2.41. The standard InChI is InChI=1S/C13H20O2/c14-10-12-15-11-6-2-5-9-13-7-3-1-4-8-13/h1,3-4,7-8,14H,2,5-6,9-12H2. The van der Waals surface area contributed by atoms with Crippen molar-refractivity contribution >= 4 is 0 Å². The summed E-state index contributed by atoms with van der Waals surface area (Å²) in [7, 11) is 0. The van der Waals surface area contributed by atoms with Crippen LogP contribution in [-0.2, 0) is 11.2 Å². The lowest BCUT2D eigenvalue weighted by Gasteiger charge is -2.02. The number of aliphatic hydroxyl groups is 1. The van der Waals surface area contributed by atoms with E-state index in [4.69, 9.17) is 9.84 Å². The molecule has 1 rings (SSSR count). The van der Waals surface area contributed by atoms with Crippen molar-refractivity contribution in [1.82, 2.24) is 0 Å². The molecule has 1 N–H and O–H groups in total. The van der Waals surface area contributed by atoms with Crippen LogP contribution in [0.5, 0.6) is 0 Å². The van der Waals surface area contributed by atoms with Crippen molar-refractivity contribution in [3.8, 4) is 0 Å². The van der Waals surface area contributed by atoms with Gasteiger partial charge >= 0.3 is 0 Å². The normalized spacial score (nSPS) is 10.5. The van der Waals surface area contributed by atoms with E-state index in [1.54, 1.807) is 0 Å². The van der Waals surface area contributed by atoms with Crippen molar-refractivity contribution in [2.45, 2.75) is 25.7 Å². The fourth-order valence-corrected chi connectivity index (χ4v) is 1.52. The van der Waals surface area contributed by atoms with Crippen LogP contribution in [0.4, 0.5) is 0 Å². The van der Waals surface area contributed by atoms with E-state index in [0.717, 1.165) is 19.4 Å². The summed E-state index contributed by atoms with van der Waals surface area (Å²) in [5.41, 5.74) is 1.41. The van der Waals surface area contributed by atoms with Crippen molar-refractivity contribution in [1.29, 1.82) is 0 Å². The molecule has 0 saturated carbocycles. The lowest BCUT2D eigenvalue weighted by Crippen LogP contribution is -2.00. The van der Waals surface area contributed by atoms with Crippen LogP contribution in [0.15, 0.2) is 30.3 Å². The van der Waals surface area contributed by atoms with Crippen LogP contribution in [0, 0.1) is 0 Å². The molecule has 2 heteroatoms. The fraction of sp³-hybridized carbons (Fsp3) is 0.538. The fourth-order valence-electron chi connectivity index (χ4n) is 1.52. The average Bonchev–Trinajstić information content (AvgIpc) is 2.29. The Bertz CT molecular complexity index is 234. The number of hydrogen-bond donors (Lipinski definition) is 1. The van der Waals surface area contributed by atoms with Gasteiger partial charge in [0, 0.05) is 6.61 Å². The molecule has 0 aromatic heterocycles. The van der Waals surface area contributed by atoms with Crippen molar-refractivity contribution in [3.63, 3.8) is 0 Å². The van der Waals surface area contributed by atoms with Crippen LogP contribution in [0.1, 0.15) is 24.8 Å². The molecule has 1 aromatic carbocycles. The number of rotatable bonds is 8. The Labute approximate surface area is 91.9 Å². The maximum atomic E-state index is 8.49. The van der Waals surface area contributed by atoms with Crippen LogP contribution in [0.25, 0.3) is 0 Å². The summed E-state index contributed by atoms with van der Waals surface area (Å²) in [6.07, 6.45) is 4.65. The molecule has 0 bridgehead atoms. The Morgan fingerprint density at radius 3 is 2.47 bits per heavy atom. The van der Waals surface area contributed by atoms with E-state index in [2.05, 4.69) is 24.3 Å². The highest BCUT2D eigenvalue weighted by Crippen LogP contribution is 2.05. The van der Waals surface area contributed by atoms with Gasteiger partial charge in [0.05, 0.1) is 13.2 Å². The third-order valence-corrected chi connectivity index (χ3v) is 2.33. The van der Waals surface area contributed by atoms with Crippen LogP contribution in [0.3, 0.4) is 0 Å². The summed E-state index contributed by atoms with van der Waals surface area (Å²) >= 11 is 0. The van der Waals surface area contributed by atoms with E-state index in [9.17, 15) is 0 Å². The number of aryl methyl sites for hydroxylation is 1. The number of unbranched alkanes of at least 4 members (excludes halogenated alkanes) is 2. The van der Waals surface area contributed by atoms with Crippen molar-refractivity contribution in [3.05, 3.63) is 35.9 Å². The summed E-state index contributed by atoms with van der Waals surface area (Å²) in [5, 5.41) is 8.49.